The fourth-order valence-corrected chi connectivity index (χ4v) is 4.90. The third kappa shape index (κ3) is 4.14. The Balaban J connectivity index is 1.64. The third-order valence-electron chi connectivity index (χ3n) is 4.99. The number of nitriles is 1. The second-order valence-electron chi connectivity index (χ2n) is 7.32. The van der Waals surface area contributed by atoms with Crippen molar-refractivity contribution in [3.8, 4) is 6.07 Å². The van der Waals surface area contributed by atoms with Gasteiger partial charge in [0.15, 0.2) is 6.54 Å². The zero-order valence-corrected chi connectivity index (χ0v) is 16.6. The van der Waals surface area contributed by atoms with E-state index in [1.165, 1.54) is 28.0 Å². The minimum atomic E-state index is -0.0256. The molecule has 4 nitrogen and oxygen atoms in total. The van der Waals surface area contributed by atoms with Gasteiger partial charge in [-0.3, -0.25) is 4.79 Å². The van der Waals surface area contributed by atoms with E-state index >= 15 is 0 Å². The molecule has 1 aromatic carbocycles. The summed E-state index contributed by atoms with van der Waals surface area (Å²) in [6, 6.07) is 8.74. The molecule has 5 heteroatoms. The summed E-state index contributed by atoms with van der Waals surface area (Å²) in [7, 11) is 2.03. The van der Waals surface area contributed by atoms with Crippen LogP contribution in [0.1, 0.15) is 45.5 Å². The van der Waals surface area contributed by atoms with Gasteiger partial charge in [-0.1, -0.05) is 23.8 Å². The van der Waals surface area contributed by atoms with Crippen molar-refractivity contribution in [3.63, 3.8) is 0 Å². The summed E-state index contributed by atoms with van der Waals surface area (Å²) < 4.78 is 0. The maximum absolute atomic E-state index is 12.5. The number of carbonyl (C=O) groups is 1. The lowest BCUT2D eigenvalue weighted by Gasteiger charge is -2.15. The molecule has 0 aliphatic heterocycles. The summed E-state index contributed by atoms with van der Waals surface area (Å²) in [5, 5.41) is 13.2. The van der Waals surface area contributed by atoms with Crippen LogP contribution in [0.5, 0.6) is 0 Å². The molecule has 0 saturated carbocycles. The van der Waals surface area contributed by atoms with Gasteiger partial charge in [-0.15, -0.1) is 11.3 Å². The molecule has 2 aromatic rings. The minimum absolute atomic E-state index is 0.0256. The Morgan fingerprint density at radius 1 is 1.31 bits per heavy atom. The first-order chi connectivity index (χ1) is 12.5. The van der Waals surface area contributed by atoms with E-state index in [1.54, 1.807) is 11.3 Å². The van der Waals surface area contributed by atoms with Gasteiger partial charge < -0.3 is 10.2 Å². The number of hydrogen-bond acceptors (Lipinski definition) is 3. The van der Waals surface area contributed by atoms with Gasteiger partial charge >= 0.3 is 0 Å². The van der Waals surface area contributed by atoms with Crippen LogP contribution in [0.4, 0.5) is 5.00 Å². The van der Waals surface area contributed by atoms with Crippen molar-refractivity contribution in [3.05, 3.63) is 50.9 Å². The first-order valence-corrected chi connectivity index (χ1v) is 10.0. The van der Waals surface area contributed by atoms with Gasteiger partial charge in [0.25, 0.3) is 5.91 Å². The van der Waals surface area contributed by atoms with Gasteiger partial charge in [0.2, 0.25) is 0 Å². The van der Waals surface area contributed by atoms with Crippen LogP contribution in [0.3, 0.4) is 0 Å². The lowest BCUT2D eigenvalue weighted by molar-refractivity contribution is -0.885. The Bertz CT molecular complexity index is 863. The van der Waals surface area contributed by atoms with Crippen molar-refractivity contribution in [1.29, 1.82) is 5.26 Å². The lowest BCUT2D eigenvalue weighted by Crippen LogP contribution is -3.08. The van der Waals surface area contributed by atoms with Crippen molar-refractivity contribution in [1.82, 2.24) is 0 Å². The molecular weight excluding hydrogens is 342 g/mol. The number of likely N-dealkylation sites (N-methyl/N-ethyl adjacent to an activating group) is 1. The van der Waals surface area contributed by atoms with E-state index in [0.29, 0.717) is 12.1 Å². The zero-order chi connectivity index (χ0) is 18.7. The van der Waals surface area contributed by atoms with Gasteiger partial charge in [0.05, 0.1) is 12.6 Å². The number of amides is 1. The van der Waals surface area contributed by atoms with Crippen molar-refractivity contribution in [2.75, 3.05) is 18.9 Å². The van der Waals surface area contributed by atoms with Crippen molar-refractivity contribution in [2.45, 2.75) is 46.1 Å². The van der Waals surface area contributed by atoms with Crippen molar-refractivity contribution in [2.24, 2.45) is 0 Å². The van der Waals surface area contributed by atoms with E-state index in [-0.39, 0.29) is 5.91 Å². The molecule has 1 aromatic heterocycles. The van der Waals surface area contributed by atoms with Gasteiger partial charge in [0.1, 0.15) is 17.6 Å². The van der Waals surface area contributed by atoms with Crippen molar-refractivity contribution >= 4 is 22.2 Å². The maximum atomic E-state index is 12.5. The molecule has 1 atom stereocenters. The Hall–Kier alpha value is -2.16. The molecule has 1 aliphatic rings. The van der Waals surface area contributed by atoms with Gasteiger partial charge in [-0.25, -0.2) is 0 Å². The number of benzene rings is 1. The largest absolute Gasteiger partial charge is 0.326 e. The van der Waals surface area contributed by atoms with Crippen LogP contribution in [0.15, 0.2) is 18.2 Å². The number of anilines is 1. The zero-order valence-electron chi connectivity index (χ0n) is 15.7. The highest BCUT2D eigenvalue weighted by Gasteiger charge is 2.22. The van der Waals surface area contributed by atoms with E-state index in [4.69, 9.17) is 0 Å². The minimum Gasteiger partial charge on any atom is -0.326 e. The predicted octanol–water partition coefficient (Wildman–Crippen LogP) is 2.77. The van der Waals surface area contributed by atoms with E-state index in [9.17, 15) is 10.1 Å². The molecule has 0 fully saturated rings. The summed E-state index contributed by atoms with van der Waals surface area (Å²) >= 11 is 1.59. The monoisotopic (exact) mass is 368 g/mol. The molecular formula is C21H26N3OS+. The van der Waals surface area contributed by atoms with E-state index in [1.807, 2.05) is 7.05 Å². The van der Waals surface area contributed by atoms with Crippen molar-refractivity contribution < 1.29 is 9.69 Å². The number of quaternary nitrogens is 1. The standard InChI is InChI=1S/C21H25N3OS/c1-14-8-9-16(15(2)10-14)12-24(3)13-20(25)23-21-18(11-22)17-6-4-5-7-19(17)26-21/h8-10H,4-7,12-13H2,1-3H3,(H,23,25)/p+1. The second kappa shape index (κ2) is 8.03. The summed E-state index contributed by atoms with van der Waals surface area (Å²) in [6.45, 7) is 5.41. The highest BCUT2D eigenvalue weighted by Crippen LogP contribution is 2.37. The van der Waals surface area contributed by atoms with Gasteiger partial charge in [0, 0.05) is 10.4 Å². The first-order valence-electron chi connectivity index (χ1n) is 9.20. The summed E-state index contributed by atoms with van der Waals surface area (Å²) in [6.07, 6.45) is 4.30. The van der Waals surface area contributed by atoms with Crippen LogP contribution in [-0.4, -0.2) is 19.5 Å². The van der Waals surface area contributed by atoms with Gasteiger partial charge in [-0.05, 0) is 50.7 Å². The molecule has 3 rings (SSSR count). The Morgan fingerprint density at radius 2 is 2.08 bits per heavy atom. The summed E-state index contributed by atoms with van der Waals surface area (Å²) in [5.74, 6) is -0.0256. The number of thiophene rings is 1. The van der Waals surface area contributed by atoms with Crippen LogP contribution >= 0.6 is 11.3 Å². The van der Waals surface area contributed by atoms with Crippen LogP contribution in [-0.2, 0) is 24.2 Å². The molecule has 136 valence electrons. The highest BCUT2D eigenvalue weighted by molar-refractivity contribution is 7.16. The lowest BCUT2D eigenvalue weighted by atomic mass is 9.96. The van der Waals surface area contributed by atoms with E-state index in [2.05, 4.69) is 43.4 Å². The second-order valence-corrected chi connectivity index (χ2v) is 8.42. The smallest absolute Gasteiger partial charge is 0.280 e. The third-order valence-corrected chi connectivity index (χ3v) is 6.20. The average molecular weight is 369 g/mol. The molecule has 2 N–H and O–H groups in total. The molecule has 26 heavy (non-hydrogen) atoms. The van der Waals surface area contributed by atoms with E-state index in [0.717, 1.165) is 41.3 Å². The molecule has 0 spiro atoms. The fraction of sp³-hybridized carbons (Fsp3) is 0.429. The molecule has 0 radical (unpaired) electrons. The van der Waals surface area contributed by atoms with Crippen LogP contribution in [0.25, 0.3) is 0 Å². The number of fused-ring (bicyclic) bond motifs is 1. The molecule has 0 bridgehead atoms. The number of nitrogens with one attached hydrogen (secondary N) is 2. The summed E-state index contributed by atoms with van der Waals surface area (Å²) in [4.78, 5) is 14.9. The molecule has 1 heterocycles. The van der Waals surface area contributed by atoms with Crippen LogP contribution in [0, 0.1) is 25.2 Å². The maximum Gasteiger partial charge on any atom is 0.280 e. The quantitative estimate of drug-likeness (QED) is 0.853. The summed E-state index contributed by atoms with van der Waals surface area (Å²) in [5.41, 5.74) is 5.64. The number of hydrogen-bond donors (Lipinski definition) is 2. The Morgan fingerprint density at radius 3 is 2.81 bits per heavy atom. The fourth-order valence-electron chi connectivity index (χ4n) is 3.65. The first kappa shape index (κ1) is 18.6. The molecule has 1 amide bonds. The van der Waals surface area contributed by atoms with E-state index < -0.39 is 0 Å². The SMILES string of the molecule is Cc1ccc(C[NH+](C)CC(=O)Nc2sc3c(c2C#N)CCCC3)c(C)c1. The number of carbonyl (C=O) groups excluding carboxylic acids is 1. The Kier molecular flexibility index (Phi) is 5.75. The topological polar surface area (TPSA) is 57.3 Å². The highest BCUT2D eigenvalue weighted by atomic mass is 32.1. The number of aryl methyl sites for hydroxylation is 3. The normalized spacial score (nSPS) is 14.4. The number of rotatable bonds is 5. The molecule has 1 unspecified atom stereocenters. The van der Waals surface area contributed by atoms with Crippen LogP contribution < -0.4 is 10.2 Å². The number of nitrogens with zero attached hydrogens (tertiary/aromatic N) is 1. The van der Waals surface area contributed by atoms with Crippen LogP contribution in [0.2, 0.25) is 0 Å². The Labute approximate surface area is 159 Å². The average Bonchev–Trinajstić information content (AvgIpc) is 2.94. The molecule has 1 aliphatic carbocycles. The van der Waals surface area contributed by atoms with Gasteiger partial charge in [-0.2, -0.15) is 5.26 Å². The molecule has 0 saturated heterocycles. The predicted molar refractivity (Wildman–Crippen MR) is 106 cm³/mol.